The molecule has 0 heterocycles. The first-order valence-electron chi connectivity index (χ1n) is 20.7. The molecule has 5 aliphatic rings. The lowest BCUT2D eigenvalue weighted by atomic mass is 9.33. The Morgan fingerprint density at radius 2 is 1.57 bits per heavy atom. The van der Waals surface area contributed by atoms with Crippen molar-refractivity contribution in [3.05, 3.63) is 58.1 Å². The van der Waals surface area contributed by atoms with Gasteiger partial charge in [0.15, 0.2) is 11.6 Å². The number of halogens is 1. The monoisotopic (exact) mass is 760 g/mol. The average molecular weight is 761 g/mol. The lowest BCUT2D eigenvalue weighted by Gasteiger charge is -2.72. The minimum Gasteiger partial charge on any atom is -0.481 e. The Kier molecular flexibility index (Phi) is 10.6. The predicted octanol–water partition coefficient (Wildman–Crippen LogP) is 11.4. The van der Waals surface area contributed by atoms with E-state index in [9.17, 15) is 24.3 Å². The van der Waals surface area contributed by atoms with E-state index in [4.69, 9.17) is 16.3 Å². The zero-order chi connectivity index (χ0) is 39.8. The van der Waals surface area contributed by atoms with Crippen molar-refractivity contribution in [1.82, 2.24) is 0 Å². The second-order valence-electron chi connectivity index (χ2n) is 20.5. The van der Waals surface area contributed by atoms with Crippen molar-refractivity contribution >= 4 is 35.1 Å². The number of hydrogen-bond acceptors (Lipinski definition) is 5. The quantitative estimate of drug-likeness (QED) is 0.188. The highest BCUT2D eigenvalue weighted by Crippen LogP contribution is 2.77. The fourth-order valence-electron chi connectivity index (χ4n) is 13.2. The van der Waals surface area contributed by atoms with Crippen LogP contribution in [0.1, 0.15) is 151 Å². The van der Waals surface area contributed by atoms with Crippen LogP contribution in [0.25, 0.3) is 0 Å². The Morgan fingerprint density at radius 1 is 0.907 bits per heavy atom. The Balaban J connectivity index is 1.26. The number of ketones is 2. The molecule has 5 aliphatic carbocycles. The zero-order valence-electron chi connectivity index (χ0n) is 34.6. The average Bonchev–Trinajstić information content (AvgIpc) is 3.37. The number of fused-ring (bicyclic) bond motifs is 7. The third-order valence-corrected chi connectivity index (χ3v) is 16.6. The molecule has 1 N–H and O–H groups in total. The van der Waals surface area contributed by atoms with Gasteiger partial charge in [-0.2, -0.15) is 0 Å². The second kappa shape index (κ2) is 14.0. The molecule has 296 valence electrons. The summed E-state index contributed by atoms with van der Waals surface area (Å²) in [6, 6.07) is 7.74. The number of carbonyl (C=O) groups excluding carboxylic acids is 3. The van der Waals surface area contributed by atoms with Gasteiger partial charge in [0.05, 0.1) is 11.8 Å². The predicted molar refractivity (Wildman–Crippen MR) is 214 cm³/mol. The number of hydrogen-bond donors (Lipinski definition) is 1. The van der Waals surface area contributed by atoms with Crippen LogP contribution in [0.3, 0.4) is 0 Å². The highest BCUT2D eigenvalue weighted by atomic mass is 35.5. The summed E-state index contributed by atoms with van der Waals surface area (Å²) < 4.78 is 6.17. The summed E-state index contributed by atoms with van der Waals surface area (Å²) >= 11 is 6.11. The van der Waals surface area contributed by atoms with Crippen LogP contribution in [-0.4, -0.2) is 34.7 Å². The van der Waals surface area contributed by atoms with Crippen LogP contribution in [0, 0.1) is 56.2 Å². The molecule has 9 atom stereocenters. The molecule has 4 saturated carbocycles. The van der Waals surface area contributed by atoms with Crippen molar-refractivity contribution in [3.63, 3.8) is 0 Å². The van der Waals surface area contributed by atoms with Gasteiger partial charge in [0, 0.05) is 28.7 Å². The third kappa shape index (κ3) is 6.56. The number of aliphatic carboxylic acids is 1. The van der Waals surface area contributed by atoms with E-state index in [0.717, 1.165) is 62.5 Å². The summed E-state index contributed by atoms with van der Waals surface area (Å²) in [6.45, 7) is 21.7. The topological polar surface area (TPSA) is 97.7 Å². The maximum Gasteiger partial charge on any atom is 0.309 e. The van der Waals surface area contributed by atoms with Gasteiger partial charge in [-0.15, -0.1) is 0 Å². The molecular formula is C47H65ClO6. The highest BCUT2D eigenvalue weighted by Gasteiger charge is 2.70. The molecule has 4 fully saturated rings. The number of carboxylic acid groups (broad SMARTS) is 1. The maximum atomic E-state index is 14.0. The number of carbonyl (C=O) groups is 4. The molecule has 0 spiro atoms. The smallest absolute Gasteiger partial charge is 0.309 e. The minimum absolute atomic E-state index is 0.00427. The van der Waals surface area contributed by atoms with Gasteiger partial charge < -0.3 is 9.84 Å². The molecule has 7 heteroatoms. The standard InChI is InChI=1S/C47H65ClO6/c1-28(2)39-34(50)26-47(22-17-32(49)25-29(3)30-11-13-31(48)14-12-30)24-23-45(9)33(40(39)47)15-16-36-44(8)20-19-37(54-38(51)27-42(4,5)41(52)53)43(6,7)35(44)18-21-46(36,45)10/h11-14,17,22,28-29,33,35-37H,15-16,18-21,23-27H2,1-10H3,(H,52,53)/b22-17+/t29-,33+,35-,36+,37-,44-,45+,46+,47-/m0/s1. The number of ether oxygens (including phenoxy) is 1. The molecule has 0 bridgehead atoms. The van der Waals surface area contributed by atoms with E-state index < -0.39 is 22.8 Å². The summed E-state index contributed by atoms with van der Waals surface area (Å²) in [5.74, 6) is 0.293. The van der Waals surface area contributed by atoms with E-state index in [1.807, 2.05) is 24.3 Å². The van der Waals surface area contributed by atoms with Gasteiger partial charge in [0.1, 0.15) is 6.10 Å². The first-order valence-corrected chi connectivity index (χ1v) is 21.1. The number of esters is 1. The van der Waals surface area contributed by atoms with Crippen molar-refractivity contribution in [2.75, 3.05) is 0 Å². The fraction of sp³-hybridized carbons (Fsp3) is 0.702. The van der Waals surface area contributed by atoms with Gasteiger partial charge in [0.25, 0.3) is 0 Å². The molecule has 0 aromatic heterocycles. The van der Waals surface area contributed by atoms with Crippen molar-refractivity contribution < 1.29 is 29.0 Å². The lowest BCUT2D eigenvalue weighted by molar-refractivity contribution is -0.232. The Morgan fingerprint density at radius 3 is 2.20 bits per heavy atom. The molecule has 0 aliphatic heterocycles. The fourth-order valence-corrected chi connectivity index (χ4v) is 13.3. The van der Waals surface area contributed by atoms with Gasteiger partial charge in [0.2, 0.25) is 0 Å². The van der Waals surface area contributed by atoms with Crippen LogP contribution in [-0.2, 0) is 23.9 Å². The molecule has 54 heavy (non-hydrogen) atoms. The van der Waals surface area contributed by atoms with Crippen LogP contribution >= 0.6 is 11.6 Å². The van der Waals surface area contributed by atoms with Crippen LogP contribution < -0.4 is 0 Å². The summed E-state index contributed by atoms with van der Waals surface area (Å²) in [5.41, 5.74) is 1.78. The molecule has 0 saturated heterocycles. The molecule has 0 unspecified atom stereocenters. The molecule has 1 aromatic carbocycles. The van der Waals surface area contributed by atoms with E-state index >= 15 is 0 Å². The number of carboxylic acids is 1. The maximum absolute atomic E-state index is 14.0. The van der Waals surface area contributed by atoms with Crippen molar-refractivity contribution in [2.45, 2.75) is 152 Å². The van der Waals surface area contributed by atoms with E-state index in [1.165, 1.54) is 5.57 Å². The number of allylic oxidation sites excluding steroid dienone is 4. The molecule has 6 rings (SSSR count). The van der Waals surface area contributed by atoms with Crippen LogP contribution in [0.5, 0.6) is 0 Å². The SMILES string of the molecule is CC(C)C1=C2[C@H]3CC[C@@H]4[C@@]5(C)CC[C@H](OC(=O)CC(C)(C)C(=O)O)C(C)(C)[C@@H]5CC[C@@]4(C)[C@]3(C)CC[C@@]2(/C=C/C(=O)C[C@H](C)c2ccc(Cl)cc2)CC1=O. The summed E-state index contributed by atoms with van der Waals surface area (Å²) in [5, 5.41) is 10.3. The Labute approximate surface area is 329 Å². The Bertz CT molecular complexity index is 1750. The van der Waals surface area contributed by atoms with E-state index in [0.29, 0.717) is 29.7 Å². The van der Waals surface area contributed by atoms with Gasteiger partial charge in [-0.05, 0) is 146 Å². The van der Waals surface area contributed by atoms with Crippen LogP contribution in [0.15, 0.2) is 47.6 Å². The minimum atomic E-state index is -1.17. The summed E-state index contributed by atoms with van der Waals surface area (Å²) in [7, 11) is 0. The molecule has 6 nitrogen and oxygen atoms in total. The summed E-state index contributed by atoms with van der Waals surface area (Å²) in [4.78, 5) is 52.4. The van der Waals surface area contributed by atoms with Gasteiger partial charge in [-0.25, -0.2) is 0 Å². The van der Waals surface area contributed by atoms with E-state index in [1.54, 1.807) is 19.9 Å². The van der Waals surface area contributed by atoms with E-state index in [2.05, 4.69) is 61.5 Å². The Hall–Kier alpha value is -2.73. The number of Topliss-reactive ketones (excluding diaryl/α,β-unsaturated/α-hetero) is 1. The van der Waals surface area contributed by atoms with Gasteiger partial charge in [-0.1, -0.05) is 85.2 Å². The molecular weight excluding hydrogens is 696 g/mol. The zero-order valence-corrected chi connectivity index (χ0v) is 35.3. The lowest BCUT2D eigenvalue weighted by Crippen LogP contribution is -2.65. The molecule has 1 aromatic rings. The largest absolute Gasteiger partial charge is 0.481 e. The number of rotatable bonds is 10. The third-order valence-electron chi connectivity index (χ3n) is 16.4. The first kappa shape index (κ1) is 40.9. The molecule has 0 radical (unpaired) electrons. The summed E-state index contributed by atoms with van der Waals surface area (Å²) in [6.07, 6.45) is 12.4. The van der Waals surface area contributed by atoms with Crippen molar-refractivity contribution in [2.24, 2.45) is 56.2 Å². The molecule has 0 amide bonds. The second-order valence-corrected chi connectivity index (χ2v) is 20.9. The van der Waals surface area contributed by atoms with Gasteiger partial charge in [-0.3, -0.25) is 19.2 Å². The van der Waals surface area contributed by atoms with E-state index in [-0.39, 0.29) is 63.5 Å². The van der Waals surface area contributed by atoms with Gasteiger partial charge >= 0.3 is 11.9 Å². The highest BCUT2D eigenvalue weighted by molar-refractivity contribution is 6.30. The van der Waals surface area contributed by atoms with Crippen molar-refractivity contribution in [3.8, 4) is 0 Å². The van der Waals surface area contributed by atoms with Crippen LogP contribution in [0.2, 0.25) is 5.02 Å². The van der Waals surface area contributed by atoms with Crippen molar-refractivity contribution in [1.29, 1.82) is 0 Å². The van der Waals surface area contributed by atoms with Crippen LogP contribution in [0.4, 0.5) is 0 Å². The number of benzene rings is 1. The normalized spacial score (nSPS) is 36.6. The first-order chi connectivity index (χ1) is 25.0.